The number of hydrogen-bond acceptors (Lipinski definition) is 7. The zero-order valence-electron chi connectivity index (χ0n) is 6.72. The van der Waals surface area contributed by atoms with E-state index >= 15 is 0 Å². The summed E-state index contributed by atoms with van der Waals surface area (Å²) < 4.78 is 39.8. The molecular weight excluding hydrogens is 256 g/mol. The molecular formula is C2H4N4O7S2-2. The van der Waals surface area contributed by atoms with Gasteiger partial charge >= 0.3 is 12.1 Å². The third kappa shape index (κ3) is 4.17. The highest BCUT2D eigenvalue weighted by Crippen LogP contribution is 2.01. The maximum absolute atomic E-state index is 10.4. The minimum Gasteiger partial charge on any atom is -0.753 e. The Bertz CT molecular complexity index is 260. The molecule has 0 bridgehead atoms. The minimum absolute atomic E-state index is 0.597. The van der Waals surface area contributed by atoms with Gasteiger partial charge in [0.25, 0.3) is 0 Å². The van der Waals surface area contributed by atoms with E-state index in [4.69, 9.17) is 0 Å². The van der Waals surface area contributed by atoms with Gasteiger partial charge in [0.2, 0.25) is 0 Å². The van der Waals surface area contributed by atoms with Crippen LogP contribution in [0.2, 0.25) is 0 Å². The van der Waals surface area contributed by atoms with E-state index in [1.54, 1.807) is 0 Å². The van der Waals surface area contributed by atoms with Gasteiger partial charge in [-0.15, -0.1) is 4.94 Å². The lowest BCUT2D eigenvalue weighted by molar-refractivity contribution is -0.173. The highest BCUT2D eigenvalue weighted by atomic mass is 32.2. The number of hydrogen-bond donors (Lipinski definition) is 2. The second-order valence-corrected chi connectivity index (χ2v) is 3.24. The molecule has 0 aliphatic heterocycles. The fourth-order valence-corrected chi connectivity index (χ4v) is 0.927. The Hall–Kier alpha value is -1.28. The maximum atomic E-state index is 10.4. The number of hydroxylamine groups is 2. The number of amides is 4. The Morgan fingerprint density at radius 2 is 1.27 bits per heavy atom. The third-order valence-corrected chi connectivity index (χ3v) is 1.81. The van der Waals surface area contributed by atoms with E-state index in [2.05, 4.69) is 16.4 Å². The van der Waals surface area contributed by atoms with Crippen molar-refractivity contribution < 1.29 is 32.1 Å². The molecule has 4 N–H and O–H groups in total. The molecule has 0 radical (unpaired) electrons. The number of primary amides is 2. The predicted molar refractivity (Wildman–Crippen MR) is 41.8 cm³/mol. The zero-order chi connectivity index (χ0) is 12.2. The molecule has 15 heavy (non-hydrogen) atoms. The van der Waals surface area contributed by atoms with Crippen molar-refractivity contribution in [2.75, 3.05) is 0 Å². The first-order chi connectivity index (χ1) is 6.77. The van der Waals surface area contributed by atoms with Crippen LogP contribution in [0.25, 0.3) is 0 Å². The molecule has 0 spiro atoms. The van der Waals surface area contributed by atoms with Crippen molar-refractivity contribution in [1.82, 2.24) is 8.94 Å². The Morgan fingerprint density at radius 3 is 1.40 bits per heavy atom. The smallest absolute Gasteiger partial charge is 0.352 e. The molecule has 11 nitrogen and oxygen atoms in total. The molecule has 0 heterocycles. The van der Waals surface area contributed by atoms with Gasteiger partial charge in [-0.25, -0.2) is 18.0 Å². The summed E-state index contributed by atoms with van der Waals surface area (Å²) in [6.07, 6.45) is 0. The van der Waals surface area contributed by atoms with Gasteiger partial charge < -0.3 is 20.6 Å². The molecule has 0 aliphatic carbocycles. The highest BCUT2D eigenvalue weighted by Gasteiger charge is 2.21. The molecule has 0 rings (SSSR count). The molecule has 0 aromatic rings. The first-order valence-electron chi connectivity index (χ1n) is 2.83. The van der Waals surface area contributed by atoms with E-state index in [0.717, 1.165) is 0 Å². The topological polar surface area (TPSA) is 182 Å². The summed E-state index contributed by atoms with van der Waals surface area (Å²) in [5.74, 6) is 0. The SMILES string of the molecule is NC(=O)N(ON(C(N)=O)S(=O)[O-])S(=O)[O-]. The normalized spacial score (nSPS) is 14.0. The quantitative estimate of drug-likeness (QED) is 0.403. The first kappa shape index (κ1) is 13.7. The van der Waals surface area contributed by atoms with Crippen LogP contribution < -0.4 is 11.5 Å². The van der Waals surface area contributed by atoms with Crippen LogP contribution in [-0.2, 0) is 27.5 Å². The Kier molecular flexibility index (Phi) is 5.09. The van der Waals surface area contributed by atoms with Crippen molar-refractivity contribution in [1.29, 1.82) is 0 Å². The van der Waals surface area contributed by atoms with Gasteiger partial charge in [-0.3, -0.25) is 0 Å². The van der Waals surface area contributed by atoms with Crippen molar-refractivity contribution in [3.63, 3.8) is 0 Å². The average molecular weight is 260 g/mol. The number of nitrogens with two attached hydrogens (primary N) is 2. The second kappa shape index (κ2) is 5.56. The summed E-state index contributed by atoms with van der Waals surface area (Å²) in [6, 6.07) is -3.33. The molecule has 0 saturated heterocycles. The highest BCUT2D eigenvalue weighted by molar-refractivity contribution is 7.77. The van der Waals surface area contributed by atoms with E-state index in [9.17, 15) is 27.1 Å². The van der Waals surface area contributed by atoms with E-state index in [1.807, 2.05) is 0 Å². The van der Waals surface area contributed by atoms with Gasteiger partial charge in [0.1, 0.15) is 0 Å². The number of urea groups is 2. The van der Waals surface area contributed by atoms with Crippen LogP contribution in [0.1, 0.15) is 0 Å². The molecule has 0 saturated carbocycles. The van der Waals surface area contributed by atoms with E-state index in [0.29, 0.717) is 0 Å². The Balaban J connectivity index is 4.77. The van der Waals surface area contributed by atoms with E-state index in [-0.39, 0.29) is 0 Å². The minimum atomic E-state index is -3.32. The third-order valence-electron chi connectivity index (χ3n) is 0.779. The van der Waals surface area contributed by atoms with Crippen LogP contribution in [0, 0.1) is 0 Å². The summed E-state index contributed by atoms with van der Waals surface area (Å²) in [7, 11) is 0. The van der Waals surface area contributed by atoms with E-state index < -0.39 is 43.5 Å². The largest absolute Gasteiger partial charge is 0.753 e. The number of rotatable bonds is 4. The van der Waals surface area contributed by atoms with Gasteiger partial charge in [0.15, 0.2) is 0 Å². The number of carbonyl (C=O) groups excluding carboxylic acids is 2. The van der Waals surface area contributed by atoms with Crippen LogP contribution in [0.4, 0.5) is 9.59 Å². The first-order valence-corrected chi connectivity index (χ1v) is 4.89. The standard InChI is InChI=1S/C2H6N4O7S2/c3-1(7)5(14(9)10)13-6(2(4)8)15(11)12/h(H2,3,7)(H2,4,8)(H,9,10)(H,11,12)/p-2. The summed E-state index contributed by atoms with van der Waals surface area (Å²) in [6.45, 7) is 0. The Morgan fingerprint density at radius 1 is 1.00 bits per heavy atom. The van der Waals surface area contributed by atoms with Crippen molar-refractivity contribution in [2.24, 2.45) is 11.5 Å². The van der Waals surface area contributed by atoms with Gasteiger partial charge in [-0.1, -0.05) is 8.94 Å². The summed E-state index contributed by atoms with van der Waals surface area (Å²) >= 11 is -6.65. The lowest BCUT2D eigenvalue weighted by atomic mass is 11.1. The lowest BCUT2D eigenvalue weighted by Gasteiger charge is -2.26. The molecule has 2 unspecified atom stereocenters. The molecule has 4 amide bonds. The Labute approximate surface area is 87.7 Å². The fourth-order valence-electron chi connectivity index (χ4n) is 0.349. The molecule has 13 heteroatoms. The van der Waals surface area contributed by atoms with Crippen molar-refractivity contribution in [2.45, 2.75) is 0 Å². The molecule has 0 aliphatic rings. The zero-order valence-corrected chi connectivity index (χ0v) is 8.36. The molecule has 88 valence electrons. The van der Waals surface area contributed by atoms with Gasteiger partial charge in [0.05, 0.1) is 22.5 Å². The van der Waals surface area contributed by atoms with Gasteiger partial charge in [-0.05, 0) is 0 Å². The number of nitrogens with zero attached hydrogens (tertiary/aromatic N) is 2. The average Bonchev–Trinajstić information content (AvgIpc) is 2.01. The van der Waals surface area contributed by atoms with Gasteiger partial charge in [-0.2, -0.15) is 0 Å². The number of carbonyl (C=O) groups is 2. The summed E-state index contributed by atoms with van der Waals surface area (Å²) in [5.41, 5.74) is 8.95. The monoisotopic (exact) mass is 260 g/mol. The van der Waals surface area contributed by atoms with E-state index in [1.165, 1.54) is 0 Å². The van der Waals surface area contributed by atoms with Crippen LogP contribution in [0.15, 0.2) is 0 Å². The molecule has 0 fully saturated rings. The van der Waals surface area contributed by atoms with Crippen molar-refractivity contribution >= 4 is 34.6 Å². The predicted octanol–water partition coefficient (Wildman–Crippen LogP) is -2.82. The van der Waals surface area contributed by atoms with Crippen LogP contribution >= 0.6 is 0 Å². The summed E-state index contributed by atoms with van der Waals surface area (Å²) in [5, 5.41) is 0. The van der Waals surface area contributed by atoms with Gasteiger partial charge in [0, 0.05) is 0 Å². The fraction of sp³-hybridized carbons (Fsp3) is 0. The van der Waals surface area contributed by atoms with Crippen molar-refractivity contribution in [3.05, 3.63) is 0 Å². The summed E-state index contributed by atoms with van der Waals surface area (Å²) in [4.78, 5) is 24.5. The second-order valence-electron chi connectivity index (χ2n) is 1.71. The van der Waals surface area contributed by atoms with Crippen LogP contribution in [0.3, 0.4) is 0 Å². The van der Waals surface area contributed by atoms with Crippen LogP contribution in [0.5, 0.6) is 0 Å². The lowest BCUT2D eigenvalue weighted by Crippen LogP contribution is -2.47. The molecule has 0 aromatic heterocycles. The molecule has 0 aromatic carbocycles. The van der Waals surface area contributed by atoms with Crippen molar-refractivity contribution in [3.8, 4) is 0 Å². The molecule has 2 atom stereocenters. The van der Waals surface area contributed by atoms with Crippen LogP contribution in [-0.4, -0.2) is 38.5 Å². The maximum Gasteiger partial charge on any atom is 0.352 e.